The molecule has 0 aliphatic carbocycles. The fourth-order valence-electron chi connectivity index (χ4n) is 3.40. The molecule has 1 saturated heterocycles. The molecule has 1 aliphatic rings. The number of hydrogen-bond acceptors (Lipinski definition) is 3. The van der Waals surface area contributed by atoms with Crippen molar-refractivity contribution >= 4 is 17.7 Å². The van der Waals surface area contributed by atoms with E-state index in [1.807, 2.05) is 6.92 Å². The summed E-state index contributed by atoms with van der Waals surface area (Å²) in [5.41, 5.74) is 2.61. The molecule has 0 radical (unpaired) electrons. The molecule has 6 heteroatoms. The van der Waals surface area contributed by atoms with E-state index in [4.69, 9.17) is 4.74 Å². The van der Waals surface area contributed by atoms with Crippen LogP contribution >= 0.6 is 11.8 Å². The Morgan fingerprint density at radius 3 is 2.56 bits per heavy atom. The Bertz CT molecular complexity index is 774. The van der Waals surface area contributed by atoms with Crippen LogP contribution in [0.25, 0.3) is 0 Å². The van der Waals surface area contributed by atoms with Crippen LogP contribution in [0.5, 0.6) is 0 Å². The van der Waals surface area contributed by atoms with E-state index in [0.29, 0.717) is 42.0 Å². The van der Waals surface area contributed by atoms with Crippen LogP contribution in [0.15, 0.2) is 53.4 Å². The Morgan fingerprint density at radius 2 is 1.89 bits per heavy atom. The molecule has 1 aliphatic heterocycles. The summed E-state index contributed by atoms with van der Waals surface area (Å²) in [4.78, 5) is 13.0. The van der Waals surface area contributed by atoms with Crippen molar-refractivity contribution in [2.45, 2.75) is 35.8 Å². The molecule has 2 aromatic carbocycles. The van der Waals surface area contributed by atoms with Crippen molar-refractivity contribution in [2.75, 3.05) is 19.8 Å². The smallest absolute Gasteiger partial charge is 0.288 e. The maximum Gasteiger partial charge on any atom is 0.288 e. The molecule has 1 heterocycles. The number of carbonyl (C=O) groups is 1. The van der Waals surface area contributed by atoms with Gasteiger partial charge in [0, 0.05) is 35.6 Å². The van der Waals surface area contributed by atoms with E-state index in [-0.39, 0.29) is 11.3 Å². The Labute approximate surface area is 162 Å². The van der Waals surface area contributed by atoms with Crippen LogP contribution in [0.2, 0.25) is 0 Å². The normalized spacial score (nSPS) is 16.3. The summed E-state index contributed by atoms with van der Waals surface area (Å²) in [5, 5.41) is 3.01. The summed E-state index contributed by atoms with van der Waals surface area (Å²) in [7, 11) is 0. The second-order valence-corrected chi connectivity index (χ2v) is 7.91. The van der Waals surface area contributed by atoms with Crippen LogP contribution < -0.4 is 5.32 Å². The molecule has 0 saturated carbocycles. The lowest BCUT2D eigenvalue weighted by molar-refractivity contribution is 0.0487. The van der Waals surface area contributed by atoms with Crippen LogP contribution in [0.4, 0.5) is 8.78 Å². The van der Waals surface area contributed by atoms with E-state index in [1.165, 1.54) is 17.2 Å². The molecule has 2 aromatic rings. The Balaban J connectivity index is 1.74. The van der Waals surface area contributed by atoms with Gasteiger partial charge in [0.2, 0.25) is 0 Å². The number of benzene rings is 2. The van der Waals surface area contributed by atoms with Gasteiger partial charge in [-0.1, -0.05) is 47.7 Å². The van der Waals surface area contributed by atoms with E-state index in [2.05, 4.69) is 29.6 Å². The van der Waals surface area contributed by atoms with E-state index in [9.17, 15) is 13.6 Å². The molecular formula is C21H23F2NO2S. The quantitative estimate of drug-likeness (QED) is 0.720. The Kier molecular flexibility index (Phi) is 6.50. The first-order valence-electron chi connectivity index (χ1n) is 8.96. The third kappa shape index (κ3) is 5.08. The van der Waals surface area contributed by atoms with Crippen LogP contribution in [0.1, 0.15) is 34.3 Å². The van der Waals surface area contributed by atoms with E-state index < -0.39 is 5.76 Å². The Morgan fingerprint density at radius 1 is 1.19 bits per heavy atom. The van der Waals surface area contributed by atoms with Crippen LogP contribution in [-0.2, 0) is 10.2 Å². The summed E-state index contributed by atoms with van der Waals surface area (Å²) in [6, 6.07) is 14.8. The SMILES string of the molecule is Cc1ccc(C2(CNC(=O)c3cccc(SC(F)F)c3)CCOCC2)cc1. The van der Waals surface area contributed by atoms with Gasteiger partial charge >= 0.3 is 0 Å². The fourth-order valence-corrected chi connectivity index (χ4v) is 3.96. The average Bonchev–Trinajstić information content (AvgIpc) is 2.67. The lowest BCUT2D eigenvalue weighted by Gasteiger charge is -2.38. The molecular weight excluding hydrogens is 368 g/mol. The Hall–Kier alpha value is -1.92. The molecule has 1 N–H and O–H groups in total. The van der Waals surface area contributed by atoms with Crippen molar-refractivity contribution in [2.24, 2.45) is 0 Å². The first kappa shape index (κ1) is 19.8. The molecule has 0 atom stereocenters. The lowest BCUT2D eigenvalue weighted by atomic mass is 9.74. The number of alkyl halides is 2. The number of ether oxygens (including phenoxy) is 1. The molecule has 0 aromatic heterocycles. The van der Waals surface area contributed by atoms with Crippen molar-refractivity contribution in [3.8, 4) is 0 Å². The number of thioether (sulfide) groups is 1. The highest BCUT2D eigenvalue weighted by molar-refractivity contribution is 7.99. The average molecular weight is 391 g/mol. The van der Waals surface area contributed by atoms with Crippen molar-refractivity contribution in [3.05, 3.63) is 65.2 Å². The number of halogens is 2. The second-order valence-electron chi connectivity index (χ2n) is 6.85. The highest BCUT2D eigenvalue weighted by atomic mass is 32.2. The van der Waals surface area contributed by atoms with E-state index in [1.54, 1.807) is 18.2 Å². The zero-order chi connectivity index (χ0) is 19.3. The molecule has 0 bridgehead atoms. The zero-order valence-corrected chi connectivity index (χ0v) is 16.0. The van der Waals surface area contributed by atoms with Gasteiger partial charge in [0.1, 0.15) is 0 Å². The van der Waals surface area contributed by atoms with Gasteiger partial charge in [0.25, 0.3) is 11.7 Å². The number of nitrogens with one attached hydrogen (secondary N) is 1. The summed E-state index contributed by atoms with van der Waals surface area (Å²) >= 11 is 0.444. The van der Waals surface area contributed by atoms with Crippen molar-refractivity contribution in [1.29, 1.82) is 0 Å². The van der Waals surface area contributed by atoms with Gasteiger partial charge in [-0.25, -0.2) is 0 Å². The minimum Gasteiger partial charge on any atom is -0.381 e. The van der Waals surface area contributed by atoms with Gasteiger partial charge in [-0.3, -0.25) is 4.79 Å². The van der Waals surface area contributed by atoms with Gasteiger partial charge in [-0.05, 0) is 43.5 Å². The monoisotopic (exact) mass is 391 g/mol. The van der Waals surface area contributed by atoms with Gasteiger partial charge in [0.15, 0.2) is 0 Å². The number of aryl methyl sites for hydroxylation is 1. The van der Waals surface area contributed by atoms with E-state index >= 15 is 0 Å². The topological polar surface area (TPSA) is 38.3 Å². The van der Waals surface area contributed by atoms with Crippen molar-refractivity contribution < 1.29 is 18.3 Å². The van der Waals surface area contributed by atoms with Gasteiger partial charge in [-0.15, -0.1) is 0 Å². The number of amides is 1. The second kappa shape index (κ2) is 8.85. The number of hydrogen-bond donors (Lipinski definition) is 1. The molecule has 3 nitrogen and oxygen atoms in total. The maximum absolute atomic E-state index is 12.6. The fraction of sp³-hybridized carbons (Fsp3) is 0.381. The lowest BCUT2D eigenvalue weighted by Crippen LogP contribution is -2.44. The minimum absolute atomic E-state index is 0.170. The van der Waals surface area contributed by atoms with Gasteiger partial charge in [0.05, 0.1) is 0 Å². The van der Waals surface area contributed by atoms with Gasteiger partial charge in [-0.2, -0.15) is 8.78 Å². The third-order valence-corrected chi connectivity index (χ3v) is 5.73. The molecule has 0 spiro atoms. The van der Waals surface area contributed by atoms with Crippen LogP contribution in [0, 0.1) is 6.92 Å². The number of rotatable bonds is 6. The molecule has 27 heavy (non-hydrogen) atoms. The minimum atomic E-state index is -2.50. The summed E-state index contributed by atoms with van der Waals surface area (Å²) in [6.45, 7) is 3.85. The first-order valence-corrected chi connectivity index (χ1v) is 9.84. The molecule has 1 fully saturated rings. The van der Waals surface area contributed by atoms with Crippen LogP contribution in [-0.4, -0.2) is 31.4 Å². The van der Waals surface area contributed by atoms with Crippen LogP contribution in [0.3, 0.4) is 0 Å². The summed E-state index contributed by atoms with van der Waals surface area (Å²) < 4.78 is 30.7. The summed E-state index contributed by atoms with van der Waals surface area (Å²) in [6.07, 6.45) is 1.66. The highest BCUT2D eigenvalue weighted by Gasteiger charge is 2.34. The standard InChI is InChI=1S/C21H23F2NO2S/c1-15-5-7-17(8-6-15)21(9-11-26-12-10-21)14-24-19(25)16-3-2-4-18(13-16)27-20(22)23/h2-8,13,20H,9-12,14H2,1H3,(H,24,25). The summed E-state index contributed by atoms with van der Waals surface area (Å²) in [5.74, 6) is -2.75. The van der Waals surface area contributed by atoms with E-state index in [0.717, 1.165) is 12.8 Å². The highest BCUT2D eigenvalue weighted by Crippen LogP contribution is 2.34. The molecule has 0 unspecified atom stereocenters. The largest absolute Gasteiger partial charge is 0.381 e. The zero-order valence-electron chi connectivity index (χ0n) is 15.2. The molecule has 3 rings (SSSR count). The molecule has 144 valence electrons. The maximum atomic E-state index is 12.6. The third-order valence-electron chi connectivity index (χ3n) is 5.02. The van der Waals surface area contributed by atoms with Gasteiger partial charge < -0.3 is 10.1 Å². The van der Waals surface area contributed by atoms with Crippen molar-refractivity contribution in [1.82, 2.24) is 5.32 Å². The predicted molar refractivity (Wildman–Crippen MR) is 104 cm³/mol. The number of carbonyl (C=O) groups excluding carboxylic acids is 1. The van der Waals surface area contributed by atoms with Crippen molar-refractivity contribution in [3.63, 3.8) is 0 Å². The molecule has 1 amide bonds. The predicted octanol–water partition coefficient (Wildman–Crippen LogP) is 4.79. The first-order chi connectivity index (χ1) is 13.0.